The van der Waals surface area contributed by atoms with Crippen LogP contribution >= 0.6 is 11.6 Å². The van der Waals surface area contributed by atoms with E-state index in [0.717, 1.165) is 58.9 Å². The van der Waals surface area contributed by atoms with Gasteiger partial charge in [-0.05, 0) is 53.6 Å². The third kappa shape index (κ3) is 4.99. The van der Waals surface area contributed by atoms with Gasteiger partial charge in [0, 0.05) is 33.8 Å². The summed E-state index contributed by atoms with van der Waals surface area (Å²) < 4.78 is 11.8. The molecule has 1 saturated heterocycles. The molecule has 5 rings (SSSR count). The largest absolute Gasteiger partial charge is 0.493 e. The number of methoxy groups -OCH3 is 2. The van der Waals surface area contributed by atoms with Crippen LogP contribution in [0.25, 0.3) is 6.08 Å². The Balaban J connectivity index is 1.24. The van der Waals surface area contributed by atoms with Crippen molar-refractivity contribution in [3.05, 3.63) is 93.5 Å². The number of ether oxygens (including phenoxy) is 2. The first kappa shape index (κ1) is 24.4. The number of rotatable bonds is 6. The number of hydrogen-bond acceptors (Lipinski definition) is 4. The van der Waals surface area contributed by atoms with Gasteiger partial charge in [-0.25, -0.2) is 0 Å². The molecule has 0 unspecified atom stereocenters. The summed E-state index contributed by atoms with van der Waals surface area (Å²) in [5.41, 5.74) is 6.01. The molecule has 1 aliphatic heterocycles. The van der Waals surface area contributed by atoms with Crippen molar-refractivity contribution in [2.75, 3.05) is 52.3 Å². The lowest BCUT2D eigenvalue weighted by atomic mass is 10.1. The average molecular weight is 504 g/mol. The van der Waals surface area contributed by atoms with Crippen LogP contribution in [0.15, 0.2) is 66.2 Å². The van der Waals surface area contributed by atoms with Gasteiger partial charge in [0.05, 0.1) is 47.4 Å². The number of allylic oxidation sites excluding steroid dienone is 1. The summed E-state index contributed by atoms with van der Waals surface area (Å²) >= 11 is 6.19. The Kier molecular flexibility index (Phi) is 6.78. The van der Waals surface area contributed by atoms with E-state index in [9.17, 15) is 4.79 Å². The van der Waals surface area contributed by atoms with Crippen LogP contribution in [0.4, 0.5) is 5.69 Å². The lowest BCUT2D eigenvalue weighted by Crippen LogP contribution is -2.56. The Morgan fingerprint density at radius 1 is 0.972 bits per heavy atom. The highest BCUT2D eigenvalue weighted by atomic mass is 35.5. The average Bonchev–Trinajstić information content (AvgIpc) is 3.18. The zero-order valence-electron chi connectivity index (χ0n) is 21.1. The molecular weight excluding hydrogens is 472 g/mol. The monoisotopic (exact) mass is 503 g/mol. The Morgan fingerprint density at radius 3 is 2.33 bits per heavy atom. The van der Waals surface area contributed by atoms with Crippen molar-refractivity contribution in [2.24, 2.45) is 0 Å². The van der Waals surface area contributed by atoms with E-state index in [0.29, 0.717) is 23.5 Å². The number of halogens is 1. The summed E-state index contributed by atoms with van der Waals surface area (Å²) in [5, 5.41) is 0.801. The molecule has 3 aromatic carbocycles. The van der Waals surface area contributed by atoms with Crippen LogP contribution in [0.3, 0.4) is 0 Å². The Labute approximate surface area is 218 Å². The molecule has 6 heteroatoms. The first-order valence-corrected chi connectivity index (χ1v) is 12.7. The van der Waals surface area contributed by atoms with Crippen LogP contribution in [0, 0.1) is 0 Å². The third-order valence-electron chi connectivity index (χ3n) is 7.40. The number of piperazine rings is 1. The smallest absolute Gasteiger partial charge is 0.189 e. The molecule has 5 nitrogen and oxygen atoms in total. The molecule has 0 radical (unpaired) electrons. The Bertz CT molecular complexity index is 1310. The zero-order chi connectivity index (χ0) is 25.3. The quantitative estimate of drug-likeness (QED) is 0.322. The molecule has 3 aromatic rings. The fourth-order valence-electron chi connectivity index (χ4n) is 5.28. The number of anilines is 1. The van der Waals surface area contributed by atoms with E-state index >= 15 is 0 Å². The number of carbonyl (C=O) groups excluding carboxylic acids is 1. The van der Waals surface area contributed by atoms with Crippen molar-refractivity contribution in [2.45, 2.75) is 13.0 Å². The molecule has 0 aromatic heterocycles. The van der Waals surface area contributed by atoms with E-state index in [1.807, 2.05) is 24.3 Å². The maximum Gasteiger partial charge on any atom is 0.189 e. The van der Waals surface area contributed by atoms with Crippen LogP contribution in [0.2, 0.25) is 5.02 Å². The van der Waals surface area contributed by atoms with Crippen LogP contribution in [-0.2, 0) is 13.0 Å². The van der Waals surface area contributed by atoms with E-state index in [-0.39, 0.29) is 5.78 Å². The highest BCUT2D eigenvalue weighted by Crippen LogP contribution is 2.37. The molecule has 0 N–H and O–H groups in total. The van der Waals surface area contributed by atoms with E-state index in [4.69, 9.17) is 21.1 Å². The van der Waals surface area contributed by atoms with E-state index in [2.05, 4.69) is 48.3 Å². The van der Waals surface area contributed by atoms with Crippen molar-refractivity contribution in [1.29, 1.82) is 0 Å². The second kappa shape index (κ2) is 10.00. The lowest BCUT2D eigenvalue weighted by Gasteiger charge is -2.43. The normalized spacial score (nSPS) is 17.8. The van der Waals surface area contributed by atoms with Crippen molar-refractivity contribution >= 4 is 29.1 Å². The van der Waals surface area contributed by atoms with Crippen LogP contribution in [0.5, 0.6) is 11.5 Å². The zero-order valence-corrected chi connectivity index (χ0v) is 21.8. The maximum absolute atomic E-state index is 13.0. The van der Waals surface area contributed by atoms with Gasteiger partial charge >= 0.3 is 0 Å². The summed E-state index contributed by atoms with van der Waals surface area (Å²) in [6, 6.07) is 20.4. The van der Waals surface area contributed by atoms with Crippen LogP contribution in [-0.4, -0.2) is 57.7 Å². The molecule has 1 heterocycles. The number of nitrogens with zero attached hydrogens (tertiary/aromatic N) is 2. The van der Waals surface area contributed by atoms with E-state index in [1.165, 1.54) is 11.3 Å². The molecule has 36 heavy (non-hydrogen) atoms. The van der Waals surface area contributed by atoms with Gasteiger partial charge in [-0.15, -0.1) is 0 Å². The highest BCUT2D eigenvalue weighted by molar-refractivity contribution is 6.30. The number of ketones is 1. The molecule has 0 amide bonds. The number of Topliss-reactive ketones (excluding diaryl/α,β-unsaturated/α-hetero) is 1. The van der Waals surface area contributed by atoms with Crippen molar-refractivity contribution < 1.29 is 18.8 Å². The highest BCUT2D eigenvalue weighted by Gasteiger charge is 2.30. The lowest BCUT2D eigenvalue weighted by molar-refractivity contribution is -0.923. The number of carbonyl (C=O) groups is 1. The first-order chi connectivity index (χ1) is 17.4. The van der Waals surface area contributed by atoms with Gasteiger partial charge in [0.25, 0.3) is 0 Å². The number of fused-ring (bicyclic) bond motifs is 1. The van der Waals surface area contributed by atoms with Crippen molar-refractivity contribution in [3.63, 3.8) is 0 Å². The fraction of sp³-hybridized carbons (Fsp3) is 0.300. The summed E-state index contributed by atoms with van der Waals surface area (Å²) in [5.74, 6) is 1.29. The number of likely N-dealkylation sites (N-methyl/N-ethyl adjacent to an activating group) is 1. The Morgan fingerprint density at radius 2 is 1.67 bits per heavy atom. The topological polar surface area (TPSA) is 38.8 Å². The standard InChI is InChI=1S/C30H32ClN2O3/c1-33(20-22-5-4-6-25(31)16-22)13-11-32(12-14-33)26-9-7-21(8-10-26)15-24-17-23-18-28(35-2)29(36-3)19-27(23)30(24)34/h4-10,15-16,18-19H,11-14,17,20H2,1-3H3/q+1/b24-15+. The van der Waals surface area contributed by atoms with Gasteiger partial charge < -0.3 is 18.9 Å². The van der Waals surface area contributed by atoms with Gasteiger partial charge in [0.1, 0.15) is 6.54 Å². The van der Waals surface area contributed by atoms with Gasteiger partial charge in [-0.2, -0.15) is 0 Å². The summed E-state index contributed by atoms with van der Waals surface area (Å²) in [6.45, 7) is 5.18. The van der Waals surface area contributed by atoms with Crippen LogP contribution < -0.4 is 14.4 Å². The first-order valence-electron chi connectivity index (χ1n) is 12.3. The minimum atomic E-state index is 0.0582. The molecule has 1 fully saturated rings. The molecule has 1 aliphatic carbocycles. The SMILES string of the molecule is COc1cc2c(cc1OC)C(=O)/C(=C/c1ccc(N3CC[N+](C)(Cc4cccc(Cl)c4)CC3)cc1)C2. The molecule has 0 spiro atoms. The van der Waals surface area contributed by atoms with E-state index < -0.39 is 0 Å². The van der Waals surface area contributed by atoms with Gasteiger partial charge in [0.15, 0.2) is 17.3 Å². The predicted molar refractivity (Wildman–Crippen MR) is 145 cm³/mol. The predicted octanol–water partition coefficient (Wildman–Crippen LogP) is 5.65. The van der Waals surface area contributed by atoms with Crippen molar-refractivity contribution in [3.8, 4) is 11.5 Å². The van der Waals surface area contributed by atoms with E-state index in [1.54, 1.807) is 20.3 Å². The summed E-state index contributed by atoms with van der Waals surface area (Å²) in [6.07, 6.45) is 2.60. The molecular formula is C30H32ClN2O3+. The van der Waals surface area contributed by atoms with Gasteiger partial charge in [-0.1, -0.05) is 35.9 Å². The number of hydrogen-bond donors (Lipinski definition) is 0. The molecule has 0 atom stereocenters. The Hall–Kier alpha value is -3.28. The number of benzene rings is 3. The summed E-state index contributed by atoms with van der Waals surface area (Å²) in [4.78, 5) is 15.5. The molecule has 0 saturated carbocycles. The molecule has 0 bridgehead atoms. The third-order valence-corrected chi connectivity index (χ3v) is 7.63. The molecule has 186 valence electrons. The van der Waals surface area contributed by atoms with Crippen LogP contribution in [0.1, 0.15) is 27.0 Å². The fourth-order valence-corrected chi connectivity index (χ4v) is 5.49. The second-order valence-corrected chi connectivity index (χ2v) is 10.4. The number of quaternary nitrogens is 1. The van der Waals surface area contributed by atoms with Gasteiger partial charge in [0.2, 0.25) is 0 Å². The van der Waals surface area contributed by atoms with Crippen molar-refractivity contribution in [1.82, 2.24) is 0 Å². The minimum Gasteiger partial charge on any atom is -0.493 e. The minimum absolute atomic E-state index is 0.0582. The second-order valence-electron chi connectivity index (χ2n) is 9.97. The molecule has 2 aliphatic rings. The summed E-state index contributed by atoms with van der Waals surface area (Å²) in [7, 11) is 5.53. The van der Waals surface area contributed by atoms with Gasteiger partial charge in [-0.3, -0.25) is 4.79 Å². The maximum atomic E-state index is 13.0.